The average molecular weight is 370 g/mol. The Morgan fingerprint density at radius 2 is 1.83 bits per heavy atom. The molecule has 0 saturated carbocycles. The van der Waals surface area contributed by atoms with Gasteiger partial charge in [-0.25, -0.2) is 4.39 Å². The van der Waals surface area contributed by atoms with Crippen LogP contribution < -0.4 is 10.6 Å². The minimum atomic E-state index is -0.515. The zero-order valence-electron chi connectivity index (χ0n) is 13.5. The standard InChI is InChI=1S/C18H19Cl2FN2O/c1-11(13-6-4-3-5-7-13)23-18(24)10-22-12(2)14-8-17(21)16(20)9-15(14)19/h3-9,11-12,22H,10H2,1-2H3,(H,23,24)/p+1/t11-,12+/m0/s1. The summed E-state index contributed by atoms with van der Waals surface area (Å²) in [6.07, 6.45) is 0. The summed E-state index contributed by atoms with van der Waals surface area (Å²) in [5, 5.41) is 5.13. The molecule has 1 amide bonds. The lowest BCUT2D eigenvalue weighted by atomic mass is 10.1. The van der Waals surface area contributed by atoms with Crippen molar-refractivity contribution in [2.75, 3.05) is 6.54 Å². The highest BCUT2D eigenvalue weighted by atomic mass is 35.5. The second kappa shape index (κ2) is 8.47. The molecule has 0 saturated heterocycles. The van der Waals surface area contributed by atoms with Crippen molar-refractivity contribution in [1.82, 2.24) is 5.32 Å². The summed E-state index contributed by atoms with van der Waals surface area (Å²) in [7, 11) is 0. The van der Waals surface area contributed by atoms with Crippen LogP contribution >= 0.6 is 23.2 Å². The molecule has 0 aliphatic rings. The van der Waals surface area contributed by atoms with Crippen molar-refractivity contribution < 1.29 is 14.5 Å². The maximum Gasteiger partial charge on any atom is 0.275 e. The molecule has 3 nitrogen and oxygen atoms in total. The molecule has 2 atom stereocenters. The van der Waals surface area contributed by atoms with Crippen LogP contribution in [0.5, 0.6) is 0 Å². The Bertz CT molecular complexity index is 710. The largest absolute Gasteiger partial charge is 0.345 e. The van der Waals surface area contributed by atoms with Crippen LogP contribution in [-0.2, 0) is 4.79 Å². The molecule has 0 aliphatic heterocycles. The van der Waals surface area contributed by atoms with Crippen LogP contribution in [0, 0.1) is 5.82 Å². The molecule has 0 unspecified atom stereocenters. The quantitative estimate of drug-likeness (QED) is 0.750. The van der Waals surface area contributed by atoms with E-state index in [-0.39, 0.29) is 29.6 Å². The third kappa shape index (κ3) is 4.94. The Morgan fingerprint density at radius 3 is 2.50 bits per heavy atom. The minimum Gasteiger partial charge on any atom is -0.345 e. The van der Waals surface area contributed by atoms with Gasteiger partial charge >= 0.3 is 0 Å². The Morgan fingerprint density at radius 1 is 1.17 bits per heavy atom. The lowest BCUT2D eigenvalue weighted by Crippen LogP contribution is -2.87. The number of carbonyl (C=O) groups excluding carboxylic acids is 1. The first-order valence-corrected chi connectivity index (χ1v) is 8.46. The predicted molar refractivity (Wildman–Crippen MR) is 94.6 cm³/mol. The van der Waals surface area contributed by atoms with E-state index in [1.165, 1.54) is 12.1 Å². The minimum absolute atomic E-state index is 0.00891. The van der Waals surface area contributed by atoms with Gasteiger partial charge in [-0.3, -0.25) is 4.79 Å². The number of hydrogen-bond acceptors (Lipinski definition) is 1. The van der Waals surface area contributed by atoms with E-state index in [1.807, 2.05) is 49.5 Å². The van der Waals surface area contributed by atoms with Crippen LogP contribution in [0.2, 0.25) is 10.0 Å². The molecule has 0 aromatic heterocycles. The summed E-state index contributed by atoms with van der Waals surface area (Å²) in [6.45, 7) is 4.02. The predicted octanol–water partition coefficient (Wildman–Crippen LogP) is 3.63. The van der Waals surface area contributed by atoms with Gasteiger partial charge < -0.3 is 10.6 Å². The monoisotopic (exact) mass is 369 g/mol. The first kappa shape index (κ1) is 18.7. The molecule has 2 rings (SSSR count). The summed E-state index contributed by atoms with van der Waals surface area (Å²) in [4.78, 5) is 12.1. The Hall–Kier alpha value is -1.62. The average Bonchev–Trinajstić information content (AvgIpc) is 2.56. The molecule has 3 N–H and O–H groups in total. The summed E-state index contributed by atoms with van der Waals surface area (Å²) >= 11 is 11.8. The van der Waals surface area contributed by atoms with Gasteiger partial charge in [-0.05, 0) is 31.5 Å². The number of benzene rings is 2. The van der Waals surface area contributed by atoms with Crippen molar-refractivity contribution in [3.63, 3.8) is 0 Å². The van der Waals surface area contributed by atoms with E-state index in [2.05, 4.69) is 5.32 Å². The van der Waals surface area contributed by atoms with Gasteiger partial charge in [0.2, 0.25) is 0 Å². The van der Waals surface area contributed by atoms with Crippen LogP contribution in [0.4, 0.5) is 4.39 Å². The van der Waals surface area contributed by atoms with Crippen molar-refractivity contribution in [1.29, 1.82) is 0 Å². The van der Waals surface area contributed by atoms with Crippen LogP contribution in [0.3, 0.4) is 0 Å². The van der Waals surface area contributed by atoms with Crippen molar-refractivity contribution in [2.45, 2.75) is 25.9 Å². The fourth-order valence-corrected chi connectivity index (χ4v) is 2.98. The van der Waals surface area contributed by atoms with Gasteiger partial charge in [0.05, 0.1) is 16.1 Å². The van der Waals surface area contributed by atoms with Gasteiger partial charge in [-0.2, -0.15) is 0 Å². The highest BCUT2D eigenvalue weighted by Crippen LogP contribution is 2.27. The number of hydrogen-bond donors (Lipinski definition) is 2. The number of halogens is 3. The number of carbonyl (C=O) groups is 1. The van der Waals surface area contributed by atoms with Crippen molar-refractivity contribution in [2.24, 2.45) is 0 Å². The smallest absolute Gasteiger partial charge is 0.275 e. The van der Waals surface area contributed by atoms with E-state index in [9.17, 15) is 9.18 Å². The van der Waals surface area contributed by atoms with Gasteiger partial charge in [0.1, 0.15) is 11.9 Å². The van der Waals surface area contributed by atoms with Gasteiger partial charge in [0.25, 0.3) is 5.91 Å². The molecular formula is C18H20Cl2FN2O+. The molecule has 0 heterocycles. The second-order valence-corrected chi connectivity index (χ2v) is 6.53. The zero-order chi connectivity index (χ0) is 17.7. The first-order valence-electron chi connectivity index (χ1n) is 7.70. The summed E-state index contributed by atoms with van der Waals surface area (Å²) in [5.74, 6) is -0.609. The SMILES string of the molecule is C[C@H](NC(=O)C[NH2+][C@H](C)c1cc(F)c(Cl)cc1Cl)c1ccccc1. The van der Waals surface area contributed by atoms with Crippen LogP contribution in [-0.4, -0.2) is 12.5 Å². The lowest BCUT2D eigenvalue weighted by Gasteiger charge is -2.16. The highest BCUT2D eigenvalue weighted by Gasteiger charge is 2.18. The fraction of sp³-hybridized carbons (Fsp3) is 0.278. The molecule has 0 fully saturated rings. The van der Waals surface area contributed by atoms with E-state index in [1.54, 1.807) is 0 Å². The summed E-state index contributed by atoms with van der Waals surface area (Å²) in [6, 6.07) is 12.2. The maximum atomic E-state index is 13.6. The summed E-state index contributed by atoms with van der Waals surface area (Å²) < 4.78 is 13.6. The number of nitrogens with two attached hydrogens (primary N) is 1. The van der Waals surface area contributed by atoms with Gasteiger partial charge in [-0.1, -0.05) is 53.5 Å². The van der Waals surface area contributed by atoms with E-state index >= 15 is 0 Å². The molecular weight excluding hydrogens is 350 g/mol. The Kier molecular flexibility index (Phi) is 6.60. The normalized spacial score (nSPS) is 13.4. The third-order valence-electron chi connectivity index (χ3n) is 3.86. The number of amides is 1. The molecule has 2 aromatic carbocycles. The molecule has 0 aliphatic carbocycles. The van der Waals surface area contributed by atoms with Gasteiger partial charge in [-0.15, -0.1) is 0 Å². The Labute approximate surface area is 151 Å². The third-order valence-corrected chi connectivity index (χ3v) is 4.48. The van der Waals surface area contributed by atoms with Crippen molar-refractivity contribution in [3.05, 3.63) is 69.5 Å². The molecule has 128 valence electrons. The number of quaternary nitrogens is 1. The van der Waals surface area contributed by atoms with E-state index in [0.29, 0.717) is 10.6 Å². The number of rotatable bonds is 6. The van der Waals surface area contributed by atoms with Crippen molar-refractivity contribution in [3.8, 4) is 0 Å². The van der Waals surface area contributed by atoms with Gasteiger partial charge in [0, 0.05) is 5.56 Å². The molecule has 0 radical (unpaired) electrons. The maximum absolute atomic E-state index is 13.6. The second-order valence-electron chi connectivity index (χ2n) is 5.72. The van der Waals surface area contributed by atoms with E-state index in [4.69, 9.17) is 23.2 Å². The molecule has 24 heavy (non-hydrogen) atoms. The number of nitrogens with one attached hydrogen (secondary N) is 1. The Balaban J connectivity index is 1.91. The van der Waals surface area contributed by atoms with Crippen LogP contribution in [0.1, 0.15) is 37.1 Å². The summed E-state index contributed by atoms with van der Waals surface area (Å²) in [5.41, 5.74) is 1.66. The molecule has 2 aromatic rings. The molecule has 6 heteroatoms. The van der Waals surface area contributed by atoms with Gasteiger partial charge in [0.15, 0.2) is 6.54 Å². The first-order chi connectivity index (χ1) is 11.4. The molecule has 0 spiro atoms. The van der Waals surface area contributed by atoms with E-state index in [0.717, 1.165) is 5.56 Å². The zero-order valence-corrected chi connectivity index (χ0v) is 15.0. The lowest BCUT2D eigenvalue weighted by molar-refractivity contribution is -0.682. The highest BCUT2D eigenvalue weighted by molar-refractivity contribution is 6.35. The molecule has 0 bridgehead atoms. The topological polar surface area (TPSA) is 45.7 Å². The van der Waals surface area contributed by atoms with Crippen LogP contribution in [0.25, 0.3) is 0 Å². The fourth-order valence-electron chi connectivity index (χ4n) is 2.42. The van der Waals surface area contributed by atoms with Crippen LogP contribution in [0.15, 0.2) is 42.5 Å². The van der Waals surface area contributed by atoms with Crippen molar-refractivity contribution >= 4 is 29.1 Å². The van der Waals surface area contributed by atoms with E-state index < -0.39 is 5.82 Å².